The first-order valence-electron chi connectivity index (χ1n) is 8.11. The largest absolute Gasteiger partial charge is 0.350 e. The van der Waals surface area contributed by atoms with Crippen LogP contribution in [-0.2, 0) is 16.4 Å². The fourth-order valence-corrected chi connectivity index (χ4v) is 3.33. The van der Waals surface area contributed by atoms with Crippen molar-refractivity contribution in [2.75, 3.05) is 11.6 Å². The van der Waals surface area contributed by atoms with E-state index in [9.17, 15) is 8.42 Å². The Kier molecular flexibility index (Phi) is 4.90. The predicted molar refractivity (Wildman–Crippen MR) is 101 cm³/mol. The maximum Gasteiger partial charge on any atom is 0.252 e. The SMILES string of the molecule is Cc1cc(Cl)ccc1CNc1nc(S(C)(=O)=O)nc2c(C(C)C)cnn12. The van der Waals surface area contributed by atoms with Gasteiger partial charge in [0.1, 0.15) is 0 Å². The number of halogens is 1. The zero-order valence-electron chi connectivity index (χ0n) is 15.0. The second kappa shape index (κ2) is 6.85. The monoisotopic (exact) mass is 393 g/mol. The van der Waals surface area contributed by atoms with Gasteiger partial charge in [-0.1, -0.05) is 31.5 Å². The van der Waals surface area contributed by atoms with E-state index in [2.05, 4.69) is 20.4 Å². The van der Waals surface area contributed by atoms with Gasteiger partial charge in [-0.25, -0.2) is 8.42 Å². The van der Waals surface area contributed by atoms with Crippen molar-refractivity contribution in [3.63, 3.8) is 0 Å². The van der Waals surface area contributed by atoms with Crippen molar-refractivity contribution in [3.8, 4) is 0 Å². The molecule has 0 atom stereocenters. The summed E-state index contributed by atoms with van der Waals surface area (Å²) in [6.07, 6.45) is 2.79. The number of anilines is 1. The molecule has 1 aromatic carbocycles. The molecule has 0 aliphatic rings. The number of benzene rings is 1. The summed E-state index contributed by atoms with van der Waals surface area (Å²) in [5.41, 5.74) is 3.41. The van der Waals surface area contributed by atoms with Gasteiger partial charge < -0.3 is 5.32 Å². The quantitative estimate of drug-likeness (QED) is 0.715. The van der Waals surface area contributed by atoms with E-state index in [0.717, 1.165) is 22.9 Å². The van der Waals surface area contributed by atoms with Gasteiger partial charge in [-0.3, -0.25) is 0 Å². The molecule has 2 heterocycles. The van der Waals surface area contributed by atoms with Crippen LogP contribution in [0.15, 0.2) is 29.6 Å². The number of aromatic nitrogens is 4. The van der Waals surface area contributed by atoms with Crippen molar-refractivity contribution in [3.05, 3.63) is 46.1 Å². The van der Waals surface area contributed by atoms with E-state index in [0.29, 0.717) is 23.2 Å². The highest BCUT2D eigenvalue weighted by atomic mass is 35.5. The molecular weight excluding hydrogens is 374 g/mol. The van der Waals surface area contributed by atoms with Crippen LogP contribution in [0.4, 0.5) is 5.95 Å². The van der Waals surface area contributed by atoms with E-state index in [-0.39, 0.29) is 11.1 Å². The molecule has 0 saturated heterocycles. The molecule has 0 radical (unpaired) electrons. The Hall–Kier alpha value is -2.19. The fraction of sp³-hybridized carbons (Fsp3) is 0.353. The van der Waals surface area contributed by atoms with Gasteiger partial charge in [0.25, 0.3) is 5.16 Å². The minimum Gasteiger partial charge on any atom is -0.350 e. The van der Waals surface area contributed by atoms with Gasteiger partial charge in [0.2, 0.25) is 15.8 Å². The Bertz CT molecular complexity index is 1080. The molecule has 0 bridgehead atoms. The number of rotatable bonds is 5. The van der Waals surface area contributed by atoms with Crippen LogP contribution in [0.1, 0.15) is 36.5 Å². The molecule has 0 saturated carbocycles. The molecule has 0 fully saturated rings. The highest BCUT2D eigenvalue weighted by molar-refractivity contribution is 7.90. The Labute approximate surface area is 157 Å². The Morgan fingerprint density at radius 1 is 1.27 bits per heavy atom. The minimum absolute atomic E-state index is 0.154. The predicted octanol–water partition coefficient (Wildman–Crippen LogP) is 3.23. The summed E-state index contributed by atoms with van der Waals surface area (Å²) in [6.45, 7) is 6.42. The molecule has 0 aliphatic carbocycles. The van der Waals surface area contributed by atoms with Gasteiger partial charge in [0.05, 0.1) is 6.20 Å². The minimum atomic E-state index is -3.55. The van der Waals surface area contributed by atoms with Crippen molar-refractivity contribution in [2.24, 2.45) is 0 Å². The first-order valence-corrected chi connectivity index (χ1v) is 10.4. The Morgan fingerprint density at radius 3 is 2.62 bits per heavy atom. The van der Waals surface area contributed by atoms with Gasteiger partial charge in [0, 0.05) is 23.4 Å². The summed E-state index contributed by atoms with van der Waals surface area (Å²) in [7, 11) is -3.55. The van der Waals surface area contributed by atoms with Crippen LogP contribution < -0.4 is 5.32 Å². The third kappa shape index (κ3) is 3.66. The highest BCUT2D eigenvalue weighted by Gasteiger charge is 2.19. The molecule has 138 valence electrons. The van der Waals surface area contributed by atoms with Crippen LogP contribution in [0, 0.1) is 6.92 Å². The molecule has 26 heavy (non-hydrogen) atoms. The second-order valence-corrected chi connectivity index (χ2v) is 8.86. The van der Waals surface area contributed by atoms with E-state index in [1.54, 1.807) is 6.20 Å². The number of hydrogen-bond acceptors (Lipinski definition) is 6. The van der Waals surface area contributed by atoms with E-state index < -0.39 is 9.84 Å². The summed E-state index contributed by atoms with van der Waals surface area (Å²) in [5.74, 6) is 0.484. The van der Waals surface area contributed by atoms with Crippen LogP contribution in [0.5, 0.6) is 0 Å². The number of fused-ring (bicyclic) bond motifs is 1. The number of hydrogen-bond donors (Lipinski definition) is 1. The summed E-state index contributed by atoms with van der Waals surface area (Å²) >= 11 is 5.99. The molecule has 0 spiro atoms. The summed E-state index contributed by atoms with van der Waals surface area (Å²) < 4.78 is 25.5. The average molecular weight is 394 g/mol. The molecule has 0 amide bonds. The maximum atomic E-state index is 12.0. The molecule has 0 aliphatic heterocycles. The normalized spacial score (nSPS) is 12.1. The fourth-order valence-electron chi connectivity index (χ4n) is 2.59. The van der Waals surface area contributed by atoms with Gasteiger partial charge >= 0.3 is 0 Å². The number of sulfone groups is 1. The highest BCUT2D eigenvalue weighted by Crippen LogP contribution is 2.23. The van der Waals surface area contributed by atoms with Gasteiger partial charge in [-0.05, 0) is 36.1 Å². The molecule has 0 unspecified atom stereocenters. The van der Waals surface area contributed by atoms with Gasteiger partial charge in [0.15, 0.2) is 5.65 Å². The Morgan fingerprint density at radius 2 is 2.00 bits per heavy atom. The van der Waals surface area contributed by atoms with Gasteiger partial charge in [-0.2, -0.15) is 19.6 Å². The zero-order valence-corrected chi connectivity index (χ0v) is 16.6. The molecule has 2 aromatic heterocycles. The van der Waals surface area contributed by atoms with Crippen molar-refractivity contribution < 1.29 is 8.42 Å². The lowest BCUT2D eigenvalue weighted by Gasteiger charge is -2.11. The average Bonchev–Trinajstić information content (AvgIpc) is 2.97. The summed E-state index contributed by atoms with van der Waals surface area (Å²) in [4.78, 5) is 8.39. The van der Waals surface area contributed by atoms with Crippen LogP contribution in [0.3, 0.4) is 0 Å². The first kappa shape index (κ1) is 18.6. The van der Waals surface area contributed by atoms with E-state index in [4.69, 9.17) is 11.6 Å². The lowest BCUT2D eigenvalue weighted by molar-refractivity contribution is 0.592. The van der Waals surface area contributed by atoms with Crippen molar-refractivity contribution in [1.82, 2.24) is 19.6 Å². The molecule has 3 rings (SSSR count). The van der Waals surface area contributed by atoms with Crippen LogP contribution in [0.2, 0.25) is 5.02 Å². The molecule has 7 nitrogen and oxygen atoms in total. The second-order valence-electron chi connectivity index (χ2n) is 6.52. The van der Waals surface area contributed by atoms with Crippen LogP contribution in [0.25, 0.3) is 5.65 Å². The zero-order chi connectivity index (χ0) is 19.1. The number of nitrogens with zero attached hydrogens (tertiary/aromatic N) is 4. The van der Waals surface area contributed by atoms with Crippen LogP contribution in [-0.4, -0.2) is 34.3 Å². The van der Waals surface area contributed by atoms with Crippen molar-refractivity contribution in [1.29, 1.82) is 0 Å². The molecule has 1 N–H and O–H groups in total. The summed E-state index contributed by atoms with van der Waals surface area (Å²) in [5, 5.41) is 7.95. The lowest BCUT2D eigenvalue weighted by atomic mass is 10.1. The van der Waals surface area contributed by atoms with Crippen molar-refractivity contribution in [2.45, 2.75) is 38.4 Å². The third-order valence-corrected chi connectivity index (χ3v) is 5.15. The maximum absolute atomic E-state index is 12.0. The van der Waals surface area contributed by atoms with E-state index in [1.807, 2.05) is 39.0 Å². The van der Waals surface area contributed by atoms with E-state index in [1.165, 1.54) is 4.52 Å². The topological polar surface area (TPSA) is 89.2 Å². The Balaban J connectivity index is 2.06. The smallest absolute Gasteiger partial charge is 0.252 e. The molecule has 3 aromatic rings. The van der Waals surface area contributed by atoms with Crippen molar-refractivity contribution >= 4 is 33.0 Å². The molecule has 9 heteroatoms. The number of aryl methyl sites for hydroxylation is 1. The van der Waals surface area contributed by atoms with Gasteiger partial charge in [-0.15, -0.1) is 0 Å². The van der Waals surface area contributed by atoms with E-state index >= 15 is 0 Å². The molecular formula is C17H20ClN5O2S. The lowest BCUT2D eigenvalue weighted by Crippen LogP contribution is -2.14. The van der Waals surface area contributed by atoms with Crippen LogP contribution >= 0.6 is 11.6 Å². The summed E-state index contributed by atoms with van der Waals surface area (Å²) in [6, 6.07) is 5.61. The first-order chi connectivity index (χ1) is 12.2. The third-order valence-electron chi connectivity index (χ3n) is 4.07. The standard InChI is InChI=1S/C17H20ClN5O2S/c1-10(2)14-9-20-23-15(14)21-17(26(4,24)25)22-16(23)19-8-12-5-6-13(18)7-11(12)3/h5-7,9-10H,8H2,1-4H3,(H,19,21,22). The number of nitrogens with one attached hydrogen (secondary N) is 1.